The fourth-order valence-corrected chi connectivity index (χ4v) is 3.84. The Labute approximate surface area is 163 Å². The minimum absolute atomic E-state index is 0.0530. The van der Waals surface area contributed by atoms with Crippen LogP contribution in [0.3, 0.4) is 0 Å². The van der Waals surface area contributed by atoms with Gasteiger partial charge in [-0.15, -0.1) is 0 Å². The van der Waals surface area contributed by atoms with Gasteiger partial charge in [-0.05, 0) is 60.5 Å². The van der Waals surface area contributed by atoms with Crippen molar-refractivity contribution in [3.05, 3.63) is 59.9 Å². The first kappa shape index (κ1) is 20.1. The Balaban J connectivity index is 2.04. The quantitative estimate of drug-likeness (QED) is 0.635. The molecule has 0 saturated carbocycles. The van der Waals surface area contributed by atoms with E-state index in [1.165, 1.54) is 36.4 Å². The fraction of sp³-hybridized carbons (Fsp3) is 0.286. The maximum Gasteiger partial charge on any atom is 0.339 e. The summed E-state index contributed by atoms with van der Waals surface area (Å²) in [7, 11) is -3.53. The summed E-state index contributed by atoms with van der Waals surface area (Å²) in [6.07, 6.45) is 2.94. The summed E-state index contributed by atoms with van der Waals surface area (Å²) in [5, 5.41) is 0. The number of hydrogen-bond donors (Lipinski definition) is 0. The molecular formula is C21H21FO5S. The van der Waals surface area contributed by atoms with Crippen molar-refractivity contribution in [1.29, 1.82) is 0 Å². The third-order valence-electron chi connectivity index (χ3n) is 4.38. The van der Waals surface area contributed by atoms with Gasteiger partial charge in [0.2, 0.25) is 0 Å². The van der Waals surface area contributed by atoms with Crippen LogP contribution < -0.4 is 4.74 Å². The lowest BCUT2D eigenvalue weighted by molar-refractivity contribution is -0.137. The molecule has 2 aromatic carbocycles. The van der Waals surface area contributed by atoms with Gasteiger partial charge in [0, 0.05) is 0 Å². The van der Waals surface area contributed by atoms with Crippen LogP contribution >= 0.6 is 0 Å². The number of rotatable bonds is 7. The topological polar surface area (TPSA) is 69.7 Å². The average molecular weight is 404 g/mol. The van der Waals surface area contributed by atoms with Crippen molar-refractivity contribution in [2.24, 2.45) is 0 Å². The van der Waals surface area contributed by atoms with E-state index < -0.39 is 21.6 Å². The largest absolute Gasteiger partial charge is 0.457 e. The minimum atomic E-state index is -3.53. The molecule has 0 aliphatic carbocycles. The maximum absolute atomic E-state index is 13.1. The second kappa shape index (κ2) is 8.14. The standard InChI is InChI=1S/C21H21FO5S/c1-3-5-17-13-20(21(23)27-17)14-10-18(12-19(11-14)28(24,25)4-2)26-16-8-6-15(22)7-9-16/h6-13,17H,3-5H2,1-2H3. The number of esters is 1. The molecule has 0 saturated heterocycles. The highest BCUT2D eigenvalue weighted by Gasteiger charge is 2.27. The van der Waals surface area contributed by atoms with Gasteiger partial charge in [-0.25, -0.2) is 17.6 Å². The minimum Gasteiger partial charge on any atom is -0.457 e. The van der Waals surface area contributed by atoms with Crippen LogP contribution in [0.2, 0.25) is 0 Å². The molecule has 3 rings (SSSR count). The monoisotopic (exact) mass is 404 g/mol. The third-order valence-corrected chi connectivity index (χ3v) is 6.10. The van der Waals surface area contributed by atoms with Crippen molar-refractivity contribution in [2.75, 3.05) is 5.75 Å². The summed E-state index contributed by atoms with van der Waals surface area (Å²) in [4.78, 5) is 12.3. The predicted octanol–water partition coefficient (Wildman–Crippen LogP) is 4.52. The highest BCUT2D eigenvalue weighted by Crippen LogP contribution is 2.33. The van der Waals surface area contributed by atoms with E-state index in [0.29, 0.717) is 23.3 Å². The van der Waals surface area contributed by atoms with E-state index >= 15 is 0 Å². The Bertz CT molecular complexity index is 1010. The summed E-state index contributed by atoms with van der Waals surface area (Å²) in [5.41, 5.74) is 0.728. The molecule has 0 N–H and O–H groups in total. The molecule has 0 fully saturated rings. The molecule has 1 aliphatic rings. The van der Waals surface area contributed by atoms with Crippen LogP contribution in [0.4, 0.5) is 4.39 Å². The van der Waals surface area contributed by atoms with Gasteiger partial charge in [0.05, 0.1) is 16.2 Å². The number of halogens is 1. The van der Waals surface area contributed by atoms with Gasteiger partial charge in [0.15, 0.2) is 9.84 Å². The molecule has 1 atom stereocenters. The number of carbonyl (C=O) groups is 1. The molecule has 1 unspecified atom stereocenters. The summed E-state index contributed by atoms with van der Waals surface area (Å²) in [5.74, 6) is -0.392. The molecule has 0 amide bonds. The van der Waals surface area contributed by atoms with Crippen molar-refractivity contribution in [3.63, 3.8) is 0 Å². The first-order chi connectivity index (χ1) is 13.3. The summed E-state index contributed by atoms with van der Waals surface area (Å²) in [6.45, 7) is 3.53. The molecule has 28 heavy (non-hydrogen) atoms. The molecule has 0 aromatic heterocycles. The average Bonchev–Trinajstić information content (AvgIpc) is 3.04. The summed E-state index contributed by atoms with van der Waals surface area (Å²) < 4.78 is 49.0. The normalized spacial score (nSPS) is 16.6. The van der Waals surface area contributed by atoms with Crippen molar-refractivity contribution in [1.82, 2.24) is 0 Å². The molecule has 148 valence electrons. The van der Waals surface area contributed by atoms with Crippen molar-refractivity contribution in [3.8, 4) is 11.5 Å². The van der Waals surface area contributed by atoms with E-state index in [4.69, 9.17) is 9.47 Å². The van der Waals surface area contributed by atoms with Crippen LogP contribution in [-0.4, -0.2) is 26.2 Å². The SMILES string of the molecule is CCCC1C=C(c2cc(Oc3ccc(F)cc3)cc(S(=O)(=O)CC)c2)C(=O)O1. The number of benzene rings is 2. The van der Waals surface area contributed by atoms with Crippen molar-refractivity contribution >= 4 is 21.4 Å². The van der Waals surface area contributed by atoms with E-state index in [1.54, 1.807) is 19.1 Å². The highest BCUT2D eigenvalue weighted by molar-refractivity contribution is 7.91. The van der Waals surface area contributed by atoms with Gasteiger partial charge < -0.3 is 9.47 Å². The Morgan fingerprint density at radius 3 is 2.43 bits per heavy atom. The molecule has 0 bridgehead atoms. The summed E-state index contributed by atoms with van der Waals surface area (Å²) in [6, 6.07) is 9.81. The highest BCUT2D eigenvalue weighted by atomic mass is 32.2. The zero-order valence-electron chi connectivity index (χ0n) is 15.6. The molecule has 0 spiro atoms. The first-order valence-corrected chi connectivity index (χ1v) is 10.7. The third kappa shape index (κ3) is 4.42. The lowest BCUT2D eigenvalue weighted by Gasteiger charge is -2.11. The molecule has 0 radical (unpaired) electrons. The van der Waals surface area contributed by atoms with E-state index in [2.05, 4.69) is 0 Å². The number of carbonyl (C=O) groups excluding carboxylic acids is 1. The number of ether oxygens (including phenoxy) is 2. The number of sulfone groups is 1. The van der Waals surface area contributed by atoms with Gasteiger partial charge in [-0.2, -0.15) is 0 Å². The second-order valence-electron chi connectivity index (χ2n) is 6.47. The number of cyclic esters (lactones) is 1. The Morgan fingerprint density at radius 2 is 1.79 bits per heavy atom. The molecular weight excluding hydrogens is 383 g/mol. The molecule has 2 aromatic rings. The first-order valence-electron chi connectivity index (χ1n) is 9.07. The number of hydrogen-bond acceptors (Lipinski definition) is 5. The summed E-state index contributed by atoms with van der Waals surface area (Å²) >= 11 is 0. The lowest BCUT2D eigenvalue weighted by atomic mass is 10.0. The Morgan fingerprint density at radius 1 is 1.07 bits per heavy atom. The van der Waals surface area contributed by atoms with Crippen LogP contribution in [0.15, 0.2) is 53.4 Å². The van der Waals surface area contributed by atoms with Gasteiger partial charge in [-0.3, -0.25) is 0 Å². The zero-order chi connectivity index (χ0) is 20.3. The molecule has 7 heteroatoms. The Hall–Kier alpha value is -2.67. The van der Waals surface area contributed by atoms with Gasteiger partial charge >= 0.3 is 5.97 Å². The smallest absolute Gasteiger partial charge is 0.339 e. The fourth-order valence-electron chi connectivity index (χ4n) is 2.90. The van der Waals surface area contributed by atoms with E-state index in [0.717, 1.165) is 6.42 Å². The van der Waals surface area contributed by atoms with E-state index in [1.807, 2.05) is 6.92 Å². The zero-order valence-corrected chi connectivity index (χ0v) is 16.5. The molecule has 5 nitrogen and oxygen atoms in total. The predicted molar refractivity (Wildman–Crippen MR) is 103 cm³/mol. The van der Waals surface area contributed by atoms with Gasteiger partial charge in [0.1, 0.15) is 23.4 Å². The maximum atomic E-state index is 13.1. The van der Waals surface area contributed by atoms with Gasteiger partial charge in [-0.1, -0.05) is 20.3 Å². The van der Waals surface area contributed by atoms with Crippen LogP contribution in [-0.2, 0) is 19.4 Å². The Kier molecular flexibility index (Phi) is 5.84. The second-order valence-corrected chi connectivity index (χ2v) is 8.74. The van der Waals surface area contributed by atoms with Crippen molar-refractivity contribution < 1.29 is 27.1 Å². The van der Waals surface area contributed by atoms with Crippen LogP contribution in [0.5, 0.6) is 11.5 Å². The van der Waals surface area contributed by atoms with Crippen LogP contribution in [0, 0.1) is 5.82 Å². The van der Waals surface area contributed by atoms with Crippen LogP contribution in [0.1, 0.15) is 32.3 Å². The van der Waals surface area contributed by atoms with E-state index in [-0.39, 0.29) is 22.5 Å². The van der Waals surface area contributed by atoms with Crippen LogP contribution in [0.25, 0.3) is 5.57 Å². The van der Waals surface area contributed by atoms with E-state index in [9.17, 15) is 17.6 Å². The molecule has 1 aliphatic heterocycles. The molecule has 1 heterocycles. The van der Waals surface area contributed by atoms with Crippen molar-refractivity contribution in [2.45, 2.75) is 37.7 Å². The lowest BCUT2D eigenvalue weighted by Crippen LogP contribution is -2.08. The van der Waals surface area contributed by atoms with Gasteiger partial charge in [0.25, 0.3) is 0 Å².